The minimum atomic E-state index is -0.341. The third-order valence-electron chi connectivity index (χ3n) is 3.01. The van der Waals surface area contributed by atoms with Crippen molar-refractivity contribution in [2.45, 2.75) is 45.3 Å². The van der Waals surface area contributed by atoms with Gasteiger partial charge in [-0.2, -0.15) is 5.10 Å². The quantitative estimate of drug-likeness (QED) is 0.729. The van der Waals surface area contributed by atoms with Crippen LogP contribution < -0.4 is 5.43 Å². The summed E-state index contributed by atoms with van der Waals surface area (Å²) in [6.07, 6.45) is 0.751. The van der Waals surface area contributed by atoms with E-state index < -0.39 is 0 Å². The number of hydrogen-bond acceptors (Lipinski definition) is 4. The molecule has 0 spiro atoms. The van der Waals surface area contributed by atoms with Gasteiger partial charge in [0.15, 0.2) is 0 Å². The Balaban J connectivity index is 2.07. The molecule has 0 saturated carbocycles. The van der Waals surface area contributed by atoms with Crippen LogP contribution >= 0.6 is 0 Å². The lowest BCUT2D eigenvalue weighted by molar-refractivity contribution is -0.152. The van der Waals surface area contributed by atoms with E-state index in [1.807, 2.05) is 20.8 Å². The number of rotatable bonds is 1. The lowest BCUT2D eigenvalue weighted by Crippen LogP contribution is -2.55. The third kappa shape index (κ3) is 2.87. The first-order valence-corrected chi connectivity index (χ1v) is 6.20. The van der Waals surface area contributed by atoms with Crippen LogP contribution in [0.2, 0.25) is 0 Å². The number of morpholine rings is 1. The fourth-order valence-corrected chi connectivity index (χ4v) is 2.42. The lowest BCUT2D eigenvalue weighted by Gasteiger charge is -2.41. The van der Waals surface area contributed by atoms with Gasteiger partial charge in [0.05, 0.1) is 11.7 Å². The van der Waals surface area contributed by atoms with Gasteiger partial charge in [0.2, 0.25) is 5.91 Å². The van der Waals surface area contributed by atoms with Crippen molar-refractivity contribution >= 4 is 17.5 Å². The maximum Gasteiger partial charge on any atom is 0.270 e. The molecular weight excluding hydrogens is 234 g/mol. The van der Waals surface area contributed by atoms with Gasteiger partial charge in [-0.1, -0.05) is 0 Å². The first-order chi connectivity index (χ1) is 8.37. The molecule has 18 heavy (non-hydrogen) atoms. The van der Waals surface area contributed by atoms with Crippen LogP contribution in [0.3, 0.4) is 0 Å². The Labute approximate surface area is 106 Å². The Morgan fingerprint density at radius 2 is 2.22 bits per heavy atom. The Morgan fingerprint density at radius 1 is 1.50 bits per heavy atom. The molecule has 1 atom stereocenters. The highest BCUT2D eigenvalue weighted by molar-refractivity contribution is 6.39. The number of hydrazone groups is 1. The third-order valence-corrected chi connectivity index (χ3v) is 3.01. The zero-order chi connectivity index (χ0) is 13.3. The number of nitrogens with zero attached hydrogens (tertiary/aromatic N) is 2. The lowest BCUT2D eigenvalue weighted by atomic mass is 10.0. The summed E-state index contributed by atoms with van der Waals surface area (Å²) < 4.78 is 5.75. The zero-order valence-electron chi connectivity index (χ0n) is 11.0. The smallest absolute Gasteiger partial charge is 0.270 e. The molecule has 2 heterocycles. The molecule has 1 unspecified atom stereocenters. The molecule has 100 valence electrons. The molecule has 0 aromatic heterocycles. The molecule has 6 nitrogen and oxygen atoms in total. The van der Waals surface area contributed by atoms with E-state index in [-0.39, 0.29) is 23.5 Å². The van der Waals surface area contributed by atoms with Gasteiger partial charge in [0, 0.05) is 25.9 Å². The summed E-state index contributed by atoms with van der Waals surface area (Å²) >= 11 is 0. The van der Waals surface area contributed by atoms with Gasteiger partial charge in [-0.3, -0.25) is 9.59 Å². The SMILES string of the molecule is CC1CN(C(=O)C2=NNC(=O)CC2)CC(C)(C)O1. The second-order valence-corrected chi connectivity index (χ2v) is 5.47. The first-order valence-electron chi connectivity index (χ1n) is 6.20. The summed E-state index contributed by atoms with van der Waals surface area (Å²) in [4.78, 5) is 25.0. The highest BCUT2D eigenvalue weighted by Gasteiger charge is 2.35. The zero-order valence-corrected chi connectivity index (χ0v) is 11.0. The molecule has 0 aromatic rings. The van der Waals surface area contributed by atoms with Crippen LogP contribution in [0.15, 0.2) is 5.10 Å². The molecule has 2 aliphatic heterocycles. The molecule has 1 fully saturated rings. The van der Waals surface area contributed by atoms with Gasteiger partial charge in [-0.25, -0.2) is 5.43 Å². The van der Waals surface area contributed by atoms with E-state index in [4.69, 9.17) is 4.74 Å². The van der Waals surface area contributed by atoms with Crippen molar-refractivity contribution in [3.05, 3.63) is 0 Å². The van der Waals surface area contributed by atoms with E-state index in [0.717, 1.165) is 0 Å². The summed E-state index contributed by atoms with van der Waals surface area (Å²) in [5.74, 6) is -0.236. The van der Waals surface area contributed by atoms with Crippen LogP contribution in [0.5, 0.6) is 0 Å². The van der Waals surface area contributed by atoms with E-state index in [9.17, 15) is 9.59 Å². The van der Waals surface area contributed by atoms with Crippen LogP contribution in [-0.2, 0) is 14.3 Å². The molecule has 1 N–H and O–H groups in total. The molecule has 2 rings (SSSR count). The highest BCUT2D eigenvalue weighted by Crippen LogP contribution is 2.21. The molecule has 0 aromatic carbocycles. The topological polar surface area (TPSA) is 71.0 Å². The molecule has 2 aliphatic rings. The van der Waals surface area contributed by atoms with Crippen molar-refractivity contribution in [1.82, 2.24) is 10.3 Å². The first kappa shape index (κ1) is 13.0. The molecule has 1 saturated heterocycles. The fraction of sp³-hybridized carbons (Fsp3) is 0.750. The van der Waals surface area contributed by atoms with Crippen LogP contribution in [0.4, 0.5) is 0 Å². The number of ether oxygens (including phenoxy) is 1. The summed E-state index contributed by atoms with van der Waals surface area (Å²) in [7, 11) is 0. The monoisotopic (exact) mass is 253 g/mol. The van der Waals surface area contributed by atoms with E-state index in [1.54, 1.807) is 4.90 Å². The predicted molar refractivity (Wildman–Crippen MR) is 66.0 cm³/mol. The molecule has 0 aliphatic carbocycles. The average molecular weight is 253 g/mol. The van der Waals surface area contributed by atoms with Gasteiger partial charge in [-0.05, 0) is 20.8 Å². The standard InChI is InChI=1S/C12H19N3O3/c1-8-6-15(7-12(2,3)18-8)11(17)9-4-5-10(16)14-13-9/h8H,4-7H2,1-3H3,(H,14,16). The Morgan fingerprint density at radius 3 is 2.78 bits per heavy atom. The second-order valence-electron chi connectivity index (χ2n) is 5.47. The summed E-state index contributed by atoms with van der Waals surface area (Å²) in [5.41, 5.74) is 2.44. The van der Waals surface area contributed by atoms with Crippen molar-refractivity contribution < 1.29 is 14.3 Å². The molecule has 0 radical (unpaired) electrons. The van der Waals surface area contributed by atoms with E-state index in [2.05, 4.69) is 10.5 Å². The molecule has 6 heteroatoms. The second kappa shape index (κ2) is 4.68. The average Bonchev–Trinajstić information content (AvgIpc) is 2.26. The van der Waals surface area contributed by atoms with Gasteiger partial charge >= 0.3 is 0 Å². The summed E-state index contributed by atoms with van der Waals surface area (Å²) in [6.45, 7) is 6.99. The summed E-state index contributed by atoms with van der Waals surface area (Å²) in [6, 6.07) is 0. The van der Waals surface area contributed by atoms with E-state index in [1.165, 1.54) is 0 Å². The Hall–Kier alpha value is -1.43. The predicted octanol–water partition coefficient (Wildman–Crippen LogP) is 0.278. The Kier molecular flexibility index (Phi) is 3.38. The summed E-state index contributed by atoms with van der Waals surface area (Å²) in [5, 5.41) is 3.84. The van der Waals surface area contributed by atoms with Crippen molar-refractivity contribution in [2.24, 2.45) is 5.10 Å². The largest absolute Gasteiger partial charge is 0.369 e. The van der Waals surface area contributed by atoms with Gasteiger partial charge in [0.25, 0.3) is 5.91 Å². The van der Waals surface area contributed by atoms with Crippen molar-refractivity contribution in [3.63, 3.8) is 0 Å². The highest BCUT2D eigenvalue weighted by atomic mass is 16.5. The van der Waals surface area contributed by atoms with Crippen molar-refractivity contribution in [1.29, 1.82) is 0 Å². The fourth-order valence-electron chi connectivity index (χ4n) is 2.42. The number of carbonyl (C=O) groups is 2. The van der Waals surface area contributed by atoms with Gasteiger partial charge in [-0.15, -0.1) is 0 Å². The number of amides is 2. The van der Waals surface area contributed by atoms with Crippen LogP contribution in [0.25, 0.3) is 0 Å². The Bertz CT molecular complexity index is 403. The van der Waals surface area contributed by atoms with E-state index >= 15 is 0 Å². The minimum Gasteiger partial charge on any atom is -0.369 e. The normalized spacial score (nSPS) is 27.5. The van der Waals surface area contributed by atoms with Crippen LogP contribution in [0, 0.1) is 0 Å². The maximum atomic E-state index is 12.3. The number of nitrogens with one attached hydrogen (secondary N) is 1. The van der Waals surface area contributed by atoms with Gasteiger partial charge < -0.3 is 9.64 Å². The van der Waals surface area contributed by atoms with E-state index in [0.29, 0.717) is 31.6 Å². The molecule has 0 bridgehead atoms. The number of hydrogen-bond donors (Lipinski definition) is 1. The molecular formula is C12H19N3O3. The number of carbonyl (C=O) groups excluding carboxylic acids is 2. The van der Waals surface area contributed by atoms with Crippen molar-refractivity contribution in [2.75, 3.05) is 13.1 Å². The van der Waals surface area contributed by atoms with Crippen LogP contribution in [0.1, 0.15) is 33.6 Å². The van der Waals surface area contributed by atoms with Gasteiger partial charge in [0.1, 0.15) is 5.71 Å². The van der Waals surface area contributed by atoms with Crippen LogP contribution in [-0.4, -0.2) is 47.2 Å². The van der Waals surface area contributed by atoms with Crippen molar-refractivity contribution in [3.8, 4) is 0 Å². The maximum absolute atomic E-state index is 12.3. The minimum absolute atomic E-state index is 0.0106. The molecule has 2 amide bonds.